The van der Waals surface area contributed by atoms with Crippen LogP contribution in [0.1, 0.15) is 0 Å². The van der Waals surface area contributed by atoms with Gasteiger partial charge in [-0.1, -0.05) is 6.07 Å². The van der Waals surface area contributed by atoms with E-state index in [2.05, 4.69) is 10.1 Å². The summed E-state index contributed by atoms with van der Waals surface area (Å²) in [4.78, 5) is 3.61. The number of nitrogen functional groups attached to an aromatic ring is 1. The summed E-state index contributed by atoms with van der Waals surface area (Å²) in [5.74, 6) is -0.510. The van der Waals surface area contributed by atoms with Gasteiger partial charge in [0.2, 0.25) is 5.95 Å². The Balaban J connectivity index is 2.24. The number of nitrogens with zero attached hydrogens (tertiary/aromatic N) is 3. The molecule has 0 aliphatic heterocycles. The first-order chi connectivity index (χ1) is 8.25. The van der Waals surface area contributed by atoms with Crippen LogP contribution in [0.4, 0.5) is 10.1 Å². The van der Waals surface area contributed by atoms with E-state index in [1.54, 1.807) is 16.9 Å². The molecule has 0 aliphatic carbocycles. The first-order valence-electron chi connectivity index (χ1n) is 5.10. The Hall–Kier alpha value is -2.43. The summed E-state index contributed by atoms with van der Waals surface area (Å²) in [7, 11) is 0. The Labute approximate surface area is 96.5 Å². The van der Waals surface area contributed by atoms with E-state index in [9.17, 15) is 4.39 Å². The van der Waals surface area contributed by atoms with E-state index in [1.807, 2.05) is 18.2 Å². The fourth-order valence-corrected chi connectivity index (χ4v) is 1.77. The molecular formula is C12H9FN4. The highest BCUT2D eigenvalue weighted by Crippen LogP contribution is 2.22. The molecule has 5 heteroatoms. The van der Waals surface area contributed by atoms with Crippen molar-refractivity contribution in [2.45, 2.75) is 0 Å². The molecule has 0 unspecified atom stereocenters. The number of hydrogen-bond acceptors (Lipinski definition) is 3. The first kappa shape index (κ1) is 9.77. The van der Waals surface area contributed by atoms with Crippen molar-refractivity contribution in [2.24, 2.45) is 0 Å². The van der Waals surface area contributed by atoms with Crippen molar-refractivity contribution in [3.8, 4) is 5.69 Å². The zero-order valence-electron chi connectivity index (χ0n) is 8.84. The number of benzene rings is 1. The van der Waals surface area contributed by atoms with Crippen LogP contribution in [0.15, 0.2) is 42.7 Å². The summed E-state index contributed by atoms with van der Waals surface area (Å²) in [6.07, 6.45) is 3.12. The first-order valence-corrected chi connectivity index (χ1v) is 5.10. The molecule has 3 rings (SSSR count). The van der Waals surface area contributed by atoms with E-state index in [0.717, 1.165) is 10.9 Å². The maximum Gasteiger partial charge on any atom is 0.212 e. The van der Waals surface area contributed by atoms with Gasteiger partial charge in [-0.25, -0.2) is 9.67 Å². The molecule has 84 valence electrons. The molecule has 0 saturated heterocycles. The van der Waals surface area contributed by atoms with Crippen LogP contribution >= 0.6 is 0 Å². The molecule has 4 nitrogen and oxygen atoms in total. The van der Waals surface area contributed by atoms with Gasteiger partial charge >= 0.3 is 0 Å². The van der Waals surface area contributed by atoms with Gasteiger partial charge in [0.05, 0.1) is 23.6 Å². The van der Waals surface area contributed by atoms with Gasteiger partial charge in [-0.2, -0.15) is 9.49 Å². The van der Waals surface area contributed by atoms with Gasteiger partial charge in [-0.3, -0.25) is 0 Å². The lowest BCUT2D eigenvalue weighted by molar-refractivity contribution is 0.582. The number of halogens is 1. The van der Waals surface area contributed by atoms with Crippen LogP contribution in [-0.2, 0) is 0 Å². The number of aromatic nitrogens is 3. The van der Waals surface area contributed by atoms with Crippen LogP contribution in [0, 0.1) is 5.95 Å². The third-order valence-electron chi connectivity index (χ3n) is 2.60. The molecule has 1 aromatic carbocycles. The van der Waals surface area contributed by atoms with Crippen LogP contribution in [0.3, 0.4) is 0 Å². The predicted octanol–water partition coefficient (Wildman–Crippen LogP) is 2.14. The molecule has 2 heterocycles. The summed E-state index contributed by atoms with van der Waals surface area (Å²) in [5, 5.41) is 5.10. The van der Waals surface area contributed by atoms with Gasteiger partial charge in [-0.15, -0.1) is 0 Å². The zero-order chi connectivity index (χ0) is 11.8. The van der Waals surface area contributed by atoms with Crippen LogP contribution in [0.5, 0.6) is 0 Å². The van der Waals surface area contributed by atoms with Gasteiger partial charge in [0, 0.05) is 11.1 Å². The minimum atomic E-state index is -0.510. The second-order valence-corrected chi connectivity index (χ2v) is 3.68. The maximum absolute atomic E-state index is 12.7. The van der Waals surface area contributed by atoms with Gasteiger partial charge in [0.25, 0.3) is 0 Å². The number of anilines is 1. The second-order valence-electron chi connectivity index (χ2n) is 3.68. The van der Waals surface area contributed by atoms with E-state index < -0.39 is 5.95 Å². The van der Waals surface area contributed by atoms with Crippen molar-refractivity contribution < 1.29 is 4.39 Å². The SMILES string of the molecule is Nc1cccc2c1cnn2-c1ccc(F)nc1. The molecule has 2 aromatic heterocycles. The minimum Gasteiger partial charge on any atom is -0.398 e. The molecule has 0 spiro atoms. The van der Waals surface area contributed by atoms with Gasteiger partial charge < -0.3 is 5.73 Å². The predicted molar refractivity (Wildman–Crippen MR) is 63.2 cm³/mol. The number of pyridine rings is 1. The molecule has 0 fully saturated rings. The zero-order valence-corrected chi connectivity index (χ0v) is 8.84. The molecule has 0 amide bonds. The Morgan fingerprint density at radius 1 is 1.12 bits per heavy atom. The monoisotopic (exact) mass is 228 g/mol. The Morgan fingerprint density at radius 2 is 2.00 bits per heavy atom. The summed E-state index contributed by atoms with van der Waals surface area (Å²) in [6, 6.07) is 8.50. The maximum atomic E-state index is 12.7. The third kappa shape index (κ3) is 1.52. The van der Waals surface area contributed by atoms with Gasteiger partial charge in [0.15, 0.2) is 0 Å². The van der Waals surface area contributed by atoms with Crippen LogP contribution in [0.25, 0.3) is 16.6 Å². The summed E-state index contributed by atoms with van der Waals surface area (Å²) < 4.78 is 14.4. The molecule has 17 heavy (non-hydrogen) atoms. The Kier molecular flexibility index (Phi) is 2.04. The average molecular weight is 228 g/mol. The number of hydrogen-bond donors (Lipinski definition) is 1. The van der Waals surface area contributed by atoms with Crippen molar-refractivity contribution in [3.05, 3.63) is 48.7 Å². The van der Waals surface area contributed by atoms with Crippen LogP contribution < -0.4 is 5.73 Å². The second kappa shape index (κ2) is 3.55. The molecule has 0 bridgehead atoms. The smallest absolute Gasteiger partial charge is 0.212 e. The molecule has 3 aromatic rings. The molecule has 2 N–H and O–H groups in total. The lowest BCUT2D eigenvalue weighted by atomic mass is 10.2. The fourth-order valence-electron chi connectivity index (χ4n) is 1.77. The standard InChI is InChI=1S/C12H9FN4/c13-12-5-4-8(6-15-12)17-11-3-1-2-10(14)9(11)7-16-17/h1-7H,14H2. The van der Waals surface area contributed by atoms with E-state index in [4.69, 9.17) is 5.73 Å². The minimum absolute atomic E-state index is 0.510. The molecule has 0 radical (unpaired) electrons. The fraction of sp³-hybridized carbons (Fsp3) is 0. The largest absolute Gasteiger partial charge is 0.398 e. The van der Waals surface area contributed by atoms with Crippen molar-refractivity contribution in [2.75, 3.05) is 5.73 Å². The Morgan fingerprint density at radius 3 is 2.76 bits per heavy atom. The average Bonchev–Trinajstić information content (AvgIpc) is 2.75. The molecule has 0 aliphatic rings. The normalized spacial score (nSPS) is 10.9. The number of fused-ring (bicyclic) bond motifs is 1. The molecular weight excluding hydrogens is 219 g/mol. The number of rotatable bonds is 1. The van der Waals surface area contributed by atoms with Crippen LogP contribution in [-0.4, -0.2) is 14.8 Å². The highest BCUT2D eigenvalue weighted by atomic mass is 19.1. The topological polar surface area (TPSA) is 56.7 Å². The van der Waals surface area contributed by atoms with Crippen molar-refractivity contribution >= 4 is 16.6 Å². The summed E-state index contributed by atoms with van der Waals surface area (Å²) in [6.45, 7) is 0. The van der Waals surface area contributed by atoms with E-state index in [0.29, 0.717) is 11.4 Å². The van der Waals surface area contributed by atoms with Gasteiger partial charge in [0.1, 0.15) is 0 Å². The highest BCUT2D eigenvalue weighted by molar-refractivity contribution is 5.90. The highest BCUT2D eigenvalue weighted by Gasteiger charge is 2.06. The Bertz CT molecular complexity index is 673. The van der Waals surface area contributed by atoms with Gasteiger partial charge in [-0.05, 0) is 24.3 Å². The number of nitrogens with two attached hydrogens (primary N) is 1. The van der Waals surface area contributed by atoms with Crippen molar-refractivity contribution in [1.82, 2.24) is 14.8 Å². The molecule has 0 atom stereocenters. The van der Waals surface area contributed by atoms with E-state index in [1.165, 1.54) is 12.3 Å². The lowest BCUT2D eigenvalue weighted by Crippen LogP contribution is -1.97. The molecule has 0 saturated carbocycles. The summed E-state index contributed by atoms with van der Waals surface area (Å²) in [5.41, 5.74) is 8.09. The van der Waals surface area contributed by atoms with E-state index >= 15 is 0 Å². The van der Waals surface area contributed by atoms with E-state index in [-0.39, 0.29) is 0 Å². The summed E-state index contributed by atoms with van der Waals surface area (Å²) >= 11 is 0. The van der Waals surface area contributed by atoms with Crippen molar-refractivity contribution in [3.63, 3.8) is 0 Å². The quantitative estimate of drug-likeness (QED) is 0.512. The van der Waals surface area contributed by atoms with Crippen molar-refractivity contribution in [1.29, 1.82) is 0 Å². The van der Waals surface area contributed by atoms with Crippen LogP contribution in [0.2, 0.25) is 0 Å². The lowest BCUT2D eigenvalue weighted by Gasteiger charge is -2.03. The third-order valence-corrected chi connectivity index (χ3v) is 2.60.